The number of guanidine groups is 1. The number of aliphatic imine (C=N–C) groups is 1. The summed E-state index contributed by atoms with van der Waals surface area (Å²) in [5, 5.41) is 9.26. The highest BCUT2D eigenvalue weighted by Crippen LogP contribution is 2.14. The summed E-state index contributed by atoms with van der Waals surface area (Å²) in [5.41, 5.74) is -0.592. The van der Waals surface area contributed by atoms with Crippen molar-refractivity contribution in [3.8, 4) is 0 Å². The second-order valence-electron chi connectivity index (χ2n) is 7.42. The Morgan fingerprint density at radius 3 is 2.44 bits per heavy atom. The van der Waals surface area contributed by atoms with Crippen molar-refractivity contribution < 1.29 is 14.3 Å². The fourth-order valence-electron chi connectivity index (χ4n) is 2.43. The van der Waals surface area contributed by atoms with Gasteiger partial charge in [-0.2, -0.15) is 0 Å². The van der Waals surface area contributed by atoms with Crippen molar-refractivity contribution >= 4 is 41.8 Å². The van der Waals surface area contributed by atoms with E-state index in [4.69, 9.17) is 4.74 Å². The number of carbonyl (C=O) groups is 2. The van der Waals surface area contributed by atoms with Gasteiger partial charge in [0.05, 0.1) is 11.5 Å². The lowest BCUT2D eigenvalue weighted by atomic mass is 9.92. The molecule has 1 fully saturated rings. The average molecular weight is 497 g/mol. The van der Waals surface area contributed by atoms with E-state index in [0.717, 1.165) is 25.9 Å². The largest absolute Gasteiger partial charge is 0.376 e. The molecule has 0 saturated carbocycles. The van der Waals surface area contributed by atoms with E-state index in [1.54, 1.807) is 14.1 Å². The summed E-state index contributed by atoms with van der Waals surface area (Å²) in [7, 11) is 3.40. The summed E-state index contributed by atoms with van der Waals surface area (Å²) in [6, 6.07) is 0. The number of amides is 2. The smallest absolute Gasteiger partial charge is 0.243 e. The molecule has 1 aliphatic rings. The first-order chi connectivity index (χ1) is 12.3. The molecule has 9 heteroatoms. The third-order valence-electron chi connectivity index (χ3n) is 4.29. The number of carbonyl (C=O) groups excluding carboxylic acids is 2. The van der Waals surface area contributed by atoms with E-state index in [1.807, 2.05) is 20.8 Å². The van der Waals surface area contributed by atoms with Gasteiger partial charge in [-0.3, -0.25) is 9.59 Å². The highest BCUT2D eigenvalue weighted by Gasteiger charge is 2.27. The lowest BCUT2D eigenvalue weighted by Gasteiger charge is -2.27. The molecule has 27 heavy (non-hydrogen) atoms. The molecule has 0 bridgehead atoms. The Hall–Kier alpha value is -1.10. The monoisotopic (exact) mass is 497 g/mol. The highest BCUT2D eigenvalue weighted by molar-refractivity contribution is 14.0. The molecule has 2 amide bonds. The van der Waals surface area contributed by atoms with Gasteiger partial charge in [0.15, 0.2) is 5.96 Å². The third kappa shape index (κ3) is 10.1. The van der Waals surface area contributed by atoms with Gasteiger partial charge < -0.3 is 25.6 Å². The number of ether oxygens (including phenoxy) is 1. The molecule has 1 unspecified atom stereocenters. The molecule has 0 aromatic heterocycles. The zero-order chi connectivity index (χ0) is 19.6. The Bertz CT molecular complexity index is 491. The molecule has 0 aliphatic carbocycles. The highest BCUT2D eigenvalue weighted by atomic mass is 127. The maximum atomic E-state index is 12.1. The number of hydrogen-bond acceptors (Lipinski definition) is 4. The minimum Gasteiger partial charge on any atom is -0.376 e. The van der Waals surface area contributed by atoms with Crippen LogP contribution in [-0.4, -0.2) is 75.7 Å². The van der Waals surface area contributed by atoms with E-state index >= 15 is 0 Å². The van der Waals surface area contributed by atoms with Crippen molar-refractivity contribution in [1.29, 1.82) is 0 Å². The van der Waals surface area contributed by atoms with Crippen LogP contribution in [0.15, 0.2) is 4.99 Å². The van der Waals surface area contributed by atoms with Crippen LogP contribution in [0.25, 0.3) is 0 Å². The summed E-state index contributed by atoms with van der Waals surface area (Å²) in [5.74, 6) is 0.418. The molecule has 1 aliphatic heterocycles. The first-order valence-electron chi connectivity index (χ1n) is 9.38. The van der Waals surface area contributed by atoms with Gasteiger partial charge in [-0.15, -0.1) is 24.0 Å². The molecular weight excluding hydrogens is 461 g/mol. The van der Waals surface area contributed by atoms with Crippen molar-refractivity contribution in [2.75, 3.05) is 46.9 Å². The van der Waals surface area contributed by atoms with E-state index in [0.29, 0.717) is 25.6 Å². The van der Waals surface area contributed by atoms with Gasteiger partial charge in [0.2, 0.25) is 11.8 Å². The second-order valence-corrected chi connectivity index (χ2v) is 7.42. The molecule has 0 aromatic rings. The number of nitrogens with zero attached hydrogens (tertiary/aromatic N) is 2. The van der Waals surface area contributed by atoms with E-state index in [9.17, 15) is 9.59 Å². The summed E-state index contributed by atoms with van der Waals surface area (Å²) in [6.45, 7) is 8.11. The van der Waals surface area contributed by atoms with Gasteiger partial charge in [0, 0.05) is 40.3 Å². The van der Waals surface area contributed by atoms with E-state index in [1.165, 1.54) is 4.90 Å². The van der Waals surface area contributed by atoms with Crippen LogP contribution in [0.5, 0.6) is 0 Å². The standard InChI is InChI=1S/C18H35N5O3.HI/c1-6-19-16(25)18(2,3)13-22-17(21-12-15(24)23(4)5)20-11-14-9-7-8-10-26-14;/h14H,6-13H2,1-5H3,(H,19,25)(H2,20,21,22);1H. The Kier molecular flexibility index (Phi) is 12.6. The van der Waals surface area contributed by atoms with Gasteiger partial charge in [0.25, 0.3) is 0 Å². The Balaban J connectivity index is 0.00000676. The van der Waals surface area contributed by atoms with Crippen molar-refractivity contribution in [3.05, 3.63) is 0 Å². The minimum atomic E-state index is -0.592. The Morgan fingerprint density at radius 2 is 1.89 bits per heavy atom. The van der Waals surface area contributed by atoms with Crippen LogP contribution >= 0.6 is 24.0 Å². The van der Waals surface area contributed by atoms with Gasteiger partial charge in [0.1, 0.15) is 6.54 Å². The molecule has 0 spiro atoms. The predicted molar refractivity (Wildman–Crippen MR) is 118 cm³/mol. The molecule has 8 nitrogen and oxygen atoms in total. The number of rotatable bonds is 8. The van der Waals surface area contributed by atoms with Gasteiger partial charge >= 0.3 is 0 Å². The van der Waals surface area contributed by atoms with Crippen molar-refractivity contribution in [1.82, 2.24) is 20.9 Å². The minimum absolute atomic E-state index is 0. The summed E-state index contributed by atoms with van der Waals surface area (Å²) in [4.78, 5) is 29.8. The fourth-order valence-corrected chi connectivity index (χ4v) is 2.43. The molecule has 0 radical (unpaired) electrons. The molecule has 1 heterocycles. The lowest BCUT2D eigenvalue weighted by molar-refractivity contribution is -0.129. The molecule has 1 atom stereocenters. The van der Waals surface area contributed by atoms with Gasteiger partial charge in [-0.05, 0) is 40.0 Å². The van der Waals surface area contributed by atoms with E-state index < -0.39 is 5.41 Å². The zero-order valence-electron chi connectivity index (χ0n) is 17.3. The summed E-state index contributed by atoms with van der Waals surface area (Å²) < 4.78 is 5.72. The van der Waals surface area contributed by atoms with Crippen LogP contribution in [0, 0.1) is 5.41 Å². The molecule has 1 saturated heterocycles. The number of nitrogens with one attached hydrogen (secondary N) is 3. The van der Waals surface area contributed by atoms with Crippen LogP contribution in [0.2, 0.25) is 0 Å². The molecule has 3 N–H and O–H groups in total. The van der Waals surface area contributed by atoms with Crippen LogP contribution in [-0.2, 0) is 14.3 Å². The van der Waals surface area contributed by atoms with Crippen molar-refractivity contribution in [3.63, 3.8) is 0 Å². The lowest BCUT2D eigenvalue weighted by Crippen LogP contribution is -2.49. The molecule has 0 aromatic carbocycles. The first-order valence-corrected chi connectivity index (χ1v) is 9.38. The van der Waals surface area contributed by atoms with Gasteiger partial charge in [-0.1, -0.05) is 0 Å². The SMILES string of the molecule is CCNC(=O)C(C)(C)CNC(=NCC(=O)N(C)C)NCC1CCCCO1.I. The third-order valence-corrected chi connectivity index (χ3v) is 4.29. The van der Waals surface area contributed by atoms with E-state index in [-0.39, 0.29) is 48.4 Å². The van der Waals surface area contributed by atoms with Crippen LogP contribution in [0.3, 0.4) is 0 Å². The van der Waals surface area contributed by atoms with Crippen molar-refractivity contribution in [2.45, 2.75) is 46.1 Å². The number of hydrogen-bond donors (Lipinski definition) is 3. The quantitative estimate of drug-likeness (QED) is 0.264. The fraction of sp³-hybridized carbons (Fsp3) is 0.833. The maximum absolute atomic E-state index is 12.1. The Labute approximate surface area is 180 Å². The number of halogens is 1. The maximum Gasteiger partial charge on any atom is 0.243 e. The van der Waals surface area contributed by atoms with E-state index in [2.05, 4.69) is 20.9 Å². The average Bonchev–Trinajstić information content (AvgIpc) is 2.61. The molecule has 1 rings (SSSR count). The molecular formula is C18H36IN5O3. The summed E-state index contributed by atoms with van der Waals surface area (Å²) >= 11 is 0. The van der Waals surface area contributed by atoms with Crippen LogP contribution in [0.4, 0.5) is 0 Å². The molecule has 158 valence electrons. The van der Waals surface area contributed by atoms with Crippen LogP contribution in [0.1, 0.15) is 40.0 Å². The number of likely N-dealkylation sites (N-methyl/N-ethyl adjacent to an activating group) is 1. The summed E-state index contributed by atoms with van der Waals surface area (Å²) in [6.07, 6.45) is 3.43. The normalized spacial score (nSPS) is 17.5. The van der Waals surface area contributed by atoms with Crippen molar-refractivity contribution in [2.24, 2.45) is 10.4 Å². The van der Waals surface area contributed by atoms with Crippen LogP contribution < -0.4 is 16.0 Å². The van der Waals surface area contributed by atoms with Gasteiger partial charge in [-0.25, -0.2) is 4.99 Å². The zero-order valence-corrected chi connectivity index (χ0v) is 19.6. The predicted octanol–water partition coefficient (Wildman–Crippen LogP) is 0.959. The first kappa shape index (κ1) is 25.9. The second kappa shape index (κ2) is 13.1. The topological polar surface area (TPSA) is 95.1 Å². The Morgan fingerprint density at radius 1 is 1.19 bits per heavy atom.